The summed E-state index contributed by atoms with van der Waals surface area (Å²) in [6, 6.07) is 0.0746. The summed E-state index contributed by atoms with van der Waals surface area (Å²) in [5.74, 6) is 0.183. The Labute approximate surface area is 80.3 Å². The molecular formula is C10H20N2O. The molecule has 0 spiro atoms. The van der Waals surface area contributed by atoms with Gasteiger partial charge < -0.3 is 10.6 Å². The van der Waals surface area contributed by atoms with E-state index in [1.807, 2.05) is 0 Å². The first-order valence-electron chi connectivity index (χ1n) is 5.35. The van der Waals surface area contributed by atoms with E-state index in [0.29, 0.717) is 0 Å². The zero-order valence-electron chi connectivity index (χ0n) is 8.44. The number of nitrogens with one attached hydrogen (secondary N) is 2. The molecule has 0 aromatic rings. The normalized spacial score (nSPS) is 22.8. The van der Waals surface area contributed by atoms with Crippen LogP contribution in [0.1, 0.15) is 39.0 Å². The van der Waals surface area contributed by atoms with Crippen LogP contribution in [-0.4, -0.2) is 25.0 Å². The van der Waals surface area contributed by atoms with Gasteiger partial charge in [-0.15, -0.1) is 0 Å². The first kappa shape index (κ1) is 10.5. The molecule has 76 valence electrons. The Morgan fingerprint density at radius 2 is 2.38 bits per heavy atom. The Bertz CT molecular complexity index is 159. The molecule has 1 atom stereocenters. The van der Waals surface area contributed by atoms with Gasteiger partial charge in [0.2, 0.25) is 5.91 Å². The molecule has 0 saturated carbocycles. The van der Waals surface area contributed by atoms with E-state index in [0.717, 1.165) is 25.9 Å². The molecule has 3 heteroatoms. The summed E-state index contributed by atoms with van der Waals surface area (Å²) in [7, 11) is 0. The third kappa shape index (κ3) is 3.77. The van der Waals surface area contributed by atoms with Gasteiger partial charge in [-0.2, -0.15) is 0 Å². The highest BCUT2D eigenvalue weighted by Gasteiger charge is 2.20. The highest BCUT2D eigenvalue weighted by Crippen LogP contribution is 2.03. The Balaban J connectivity index is 2.08. The van der Waals surface area contributed by atoms with Crippen molar-refractivity contribution in [2.45, 2.75) is 45.1 Å². The molecule has 3 nitrogen and oxygen atoms in total. The van der Waals surface area contributed by atoms with Gasteiger partial charge in [0.1, 0.15) is 0 Å². The van der Waals surface area contributed by atoms with E-state index in [2.05, 4.69) is 17.6 Å². The quantitative estimate of drug-likeness (QED) is 0.627. The zero-order chi connectivity index (χ0) is 9.52. The van der Waals surface area contributed by atoms with E-state index in [-0.39, 0.29) is 11.9 Å². The average Bonchev–Trinajstić information content (AvgIpc) is 2.15. The molecule has 2 N–H and O–H groups in total. The minimum absolute atomic E-state index is 0.0746. The van der Waals surface area contributed by atoms with Gasteiger partial charge in [0.05, 0.1) is 6.04 Å². The molecular weight excluding hydrogens is 164 g/mol. The summed E-state index contributed by atoms with van der Waals surface area (Å²) < 4.78 is 0. The maximum Gasteiger partial charge on any atom is 0.237 e. The monoisotopic (exact) mass is 184 g/mol. The van der Waals surface area contributed by atoms with Crippen molar-refractivity contribution < 1.29 is 4.79 Å². The molecule has 1 heterocycles. The smallest absolute Gasteiger partial charge is 0.237 e. The van der Waals surface area contributed by atoms with E-state index in [1.165, 1.54) is 19.3 Å². The minimum Gasteiger partial charge on any atom is -0.355 e. The fraction of sp³-hybridized carbons (Fsp3) is 0.900. The molecule has 1 aliphatic heterocycles. The summed E-state index contributed by atoms with van der Waals surface area (Å²) in [5, 5.41) is 6.17. The molecule has 1 unspecified atom stereocenters. The topological polar surface area (TPSA) is 41.1 Å². The van der Waals surface area contributed by atoms with Gasteiger partial charge in [0, 0.05) is 6.54 Å². The van der Waals surface area contributed by atoms with Gasteiger partial charge >= 0.3 is 0 Å². The third-order valence-electron chi connectivity index (χ3n) is 2.46. The number of rotatable bonds is 5. The van der Waals surface area contributed by atoms with E-state index < -0.39 is 0 Å². The summed E-state index contributed by atoms with van der Waals surface area (Å²) >= 11 is 0. The van der Waals surface area contributed by atoms with Crippen LogP contribution in [0.5, 0.6) is 0 Å². The number of amides is 1. The lowest BCUT2D eigenvalue weighted by molar-refractivity contribution is -0.124. The van der Waals surface area contributed by atoms with Crippen LogP contribution >= 0.6 is 0 Å². The van der Waals surface area contributed by atoms with Crippen LogP contribution < -0.4 is 10.6 Å². The second kappa shape index (κ2) is 5.97. The number of hydrogen-bond acceptors (Lipinski definition) is 2. The number of hydrogen-bond donors (Lipinski definition) is 2. The molecule has 1 rings (SSSR count). The highest BCUT2D eigenvalue weighted by atomic mass is 16.2. The molecule has 0 aromatic carbocycles. The van der Waals surface area contributed by atoms with Gasteiger partial charge in [-0.3, -0.25) is 4.79 Å². The van der Waals surface area contributed by atoms with Crippen LogP contribution in [0.3, 0.4) is 0 Å². The standard InChI is InChI=1S/C10H20N2O/c1-2-3-4-7-11-9-6-5-8-12-10(9)13/h9,11H,2-8H2,1H3,(H,12,13). The SMILES string of the molecule is CCCCCNC1CCCNC1=O. The third-order valence-corrected chi connectivity index (χ3v) is 2.46. The van der Waals surface area contributed by atoms with Crippen molar-refractivity contribution >= 4 is 5.91 Å². The summed E-state index contributed by atoms with van der Waals surface area (Å²) in [5.41, 5.74) is 0. The lowest BCUT2D eigenvalue weighted by Crippen LogP contribution is -2.48. The van der Waals surface area contributed by atoms with Gasteiger partial charge in [-0.1, -0.05) is 19.8 Å². The van der Waals surface area contributed by atoms with Crippen molar-refractivity contribution in [2.24, 2.45) is 0 Å². The molecule has 0 aliphatic carbocycles. The maximum absolute atomic E-state index is 11.3. The zero-order valence-corrected chi connectivity index (χ0v) is 8.44. The molecule has 0 radical (unpaired) electrons. The Morgan fingerprint density at radius 3 is 3.08 bits per heavy atom. The van der Waals surface area contributed by atoms with Crippen molar-refractivity contribution in [3.05, 3.63) is 0 Å². The number of piperidine rings is 1. The van der Waals surface area contributed by atoms with Crippen LogP contribution in [0.4, 0.5) is 0 Å². The maximum atomic E-state index is 11.3. The molecule has 13 heavy (non-hydrogen) atoms. The van der Waals surface area contributed by atoms with Gasteiger partial charge in [0.15, 0.2) is 0 Å². The summed E-state index contributed by atoms with van der Waals surface area (Å²) in [6.07, 6.45) is 5.77. The first-order chi connectivity index (χ1) is 6.34. The Hall–Kier alpha value is -0.570. The molecule has 1 aliphatic rings. The summed E-state index contributed by atoms with van der Waals surface area (Å²) in [4.78, 5) is 11.3. The number of carbonyl (C=O) groups is 1. The number of unbranched alkanes of at least 4 members (excludes halogenated alkanes) is 2. The molecule has 1 amide bonds. The van der Waals surface area contributed by atoms with Gasteiger partial charge in [0.25, 0.3) is 0 Å². The second-order valence-corrected chi connectivity index (χ2v) is 3.65. The van der Waals surface area contributed by atoms with Crippen LogP contribution in [0.25, 0.3) is 0 Å². The lowest BCUT2D eigenvalue weighted by Gasteiger charge is -2.22. The predicted molar refractivity (Wildman–Crippen MR) is 53.6 cm³/mol. The van der Waals surface area contributed by atoms with Crippen LogP contribution in [0.15, 0.2) is 0 Å². The first-order valence-corrected chi connectivity index (χ1v) is 5.35. The summed E-state index contributed by atoms with van der Waals surface area (Å²) in [6.45, 7) is 4.02. The van der Waals surface area contributed by atoms with Crippen molar-refractivity contribution in [3.8, 4) is 0 Å². The van der Waals surface area contributed by atoms with Gasteiger partial charge in [-0.05, 0) is 25.8 Å². The van der Waals surface area contributed by atoms with E-state index >= 15 is 0 Å². The molecule has 0 aromatic heterocycles. The van der Waals surface area contributed by atoms with Crippen molar-refractivity contribution in [2.75, 3.05) is 13.1 Å². The highest BCUT2D eigenvalue weighted by molar-refractivity contribution is 5.82. The van der Waals surface area contributed by atoms with Crippen molar-refractivity contribution in [3.63, 3.8) is 0 Å². The van der Waals surface area contributed by atoms with E-state index in [9.17, 15) is 4.79 Å². The van der Waals surface area contributed by atoms with E-state index in [4.69, 9.17) is 0 Å². The van der Waals surface area contributed by atoms with Crippen LogP contribution in [-0.2, 0) is 4.79 Å². The van der Waals surface area contributed by atoms with Crippen LogP contribution in [0.2, 0.25) is 0 Å². The van der Waals surface area contributed by atoms with Gasteiger partial charge in [-0.25, -0.2) is 0 Å². The number of carbonyl (C=O) groups excluding carboxylic acids is 1. The van der Waals surface area contributed by atoms with Crippen LogP contribution in [0, 0.1) is 0 Å². The molecule has 1 saturated heterocycles. The predicted octanol–water partition coefficient (Wildman–Crippen LogP) is 1.04. The van der Waals surface area contributed by atoms with E-state index in [1.54, 1.807) is 0 Å². The molecule has 0 bridgehead atoms. The second-order valence-electron chi connectivity index (χ2n) is 3.65. The minimum atomic E-state index is 0.0746. The lowest BCUT2D eigenvalue weighted by atomic mass is 10.1. The fourth-order valence-electron chi connectivity index (χ4n) is 1.62. The average molecular weight is 184 g/mol. The fourth-order valence-corrected chi connectivity index (χ4v) is 1.62. The van der Waals surface area contributed by atoms with Crippen molar-refractivity contribution in [1.29, 1.82) is 0 Å². The Morgan fingerprint density at radius 1 is 1.54 bits per heavy atom. The largest absolute Gasteiger partial charge is 0.355 e. The molecule has 1 fully saturated rings. The Kier molecular flexibility index (Phi) is 4.83. The van der Waals surface area contributed by atoms with Crippen molar-refractivity contribution in [1.82, 2.24) is 10.6 Å².